The van der Waals surface area contributed by atoms with Crippen molar-refractivity contribution in [3.8, 4) is 0 Å². The molecule has 0 saturated heterocycles. The molecular weight excluding hydrogens is 179 g/mol. The lowest BCUT2D eigenvalue weighted by atomic mass is 10.3. The molecule has 0 radical (unpaired) electrons. The zero-order valence-electron chi connectivity index (χ0n) is 4.99. The monoisotopic (exact) mass is 186 g/mol. The Bertz CT molecular complexity index is 148. The summed E-state index contributed by atoms with van der Waals surface area (Å²) in [5.41, 5.74) is 7.74. The van der Waals surface area contributed by atoms with Crippen LogP contribution >= 0.6 is 24.8 Å². The van der Waals surface area contributed by atoms with E-state index in [4.69, 9.17) is 5.73 Å². The topological polar surface area (TPSA) is 64.4 Å². The van der Waals surface area contributed by atoms with Crippen LogP contribution in [-0.2, 0) is 9.63 Å². The largest absolute Gasteiger partial charge is 0.366 e. The summed E-state index contributed by atoms with van der Waals surface area (Å²) in [6.07, 6.45) is 1.45. The lowest BCUT2D eigenvalue weighted by Gasteiger charge is -1.87. The smallest absolute Gasteiger partial charge is 0.248 e. The predicted octanol–water partition coefficient (Wildman–Crippen LogP) is -0.266. The molecule has 0 spiro atoms. The lowest BCUT2D eigenvalue weighted by molar-refractivity contribution is -0.114. The number of hydrogen-bond donors (Lipinski definition) is 2. The minimum Gasteiger partial charge on any atom is -0.366 e. The van der Waals surface area contributed by atoms with E-state index in [1.807, 2.05) is 0 Å². The molecular formula is C4H8Cl2N2O2. The summed E-state index contributed by atoms with van der Waals surface area (Å²) in [7, 11) is 0. The van der Waals surface area contributed by atoms with Crippen LogP contribution in [0.5, 0.6) is 0 Å². The highest BCUT2D eigenvalue weighted by atomic mass is 35.5. The number of primary amides is 1. The van der Waals surface area contributed by atoms with E-state index in [2.05, 4.69) is 10.3 Å². The minimum absolute atomic E-state index is 0. The Morgan fingerprint density at radius 1 is 1.70 bits per heavy atom. The maximum absolute atomic E-state index is 10.2. The summed E-state index contributed by atoms with van der Waals surface area (Å²) in [5.74, 6) is -0.435. The molecule has 1 aliphatic heterocycles. The predicted molar refractivity (Wildman–Crippen MR) is 40.9 cm³/mol. The zero-order chi connectivity index (χ0) is 5.98. The van der Waals surface area contributed by atoms with E-state index in [1.165, 1.54) is 6.20 Å². The molecule has 1 amide bonds. The van der Waals surface area contributed by atoms with Gasteiger partial charge < -0.3 is 5.73 Å². The van der Waals surface area contributed by atoms with E-state index < -0.39 is 5.91 Å². The highest BCUT2D eigenvalue weighted by molar-refractivity contribution is 5.92. The van der Waals surface area contributed by atoms with Crippen LogP contribution in [0.25, 0.3) is 0 Å². The SMILES string of the molecule is Cl.Cl.NC(=O)C1=CNOC1. The highest BCUT2D eigenvalue weighted by Crippen LogP contribution is 1.96. The normalized spacial score (nSPS) is 13.8. The number of nitrogens with one attached hydrogen (secondary N) is 1. The molecule has 0 saturated carbocycles. The third kappa shape index (κ3) is 2.91. The Kier molecular flexibility index (Phi) is 6.54. The second-order valence-electron chi connectivity index (χ2n) is 1.44. The maximum atomic E-state index is 10.2. The summed E-state index contributed by atoms with van der Waals surface area (Å²) >= 11 is 0. The van der Waals surface area contributed by atoms with Gasteiger partial charge >= 0.3 is 0 Å². The molecule has 4 nitrogen and oxygen atoms in total. The van der Waals surface area contributed by atoms with Crippen molar-refractivity contribution >= 4 is 30.7 Å². The van der Waals surface area contributed by atoms with Gasteiger partial charge in [0.25, 0.3) is 0 Å². The number of amides is 1. The van der Waals surface area contributed by atoms with Crippen LogP contribution in [0.15, 0.2) is 11.8 Å². The van der Waals surface area contributed by atoms with E-state index in [9.17, 15) is 4.79 Å². The van der Waals surface area contributed by atoms with Gasteiger partial charge in [-0.15, -0.1) is 24.8 Å². The molecule has 3 N–H and O–H groups in total. The fourth-order valence-corrected chi connectivity index (χ4v) is 0.416. The highest BCUT2D eigenvalue weighted by Gasteiger charge is 2.08. The van der Waals surface area contributed by atoms with Crippen LogP contribution in [0.3, 0.4) is 0 Å². The van der Waals surface area contributed by atoms with Crippen LogP contribution in [0.4, 0.5) is 0 Å². The van der Waals surface area contributed by atoms with Gasteiger partial charge in [-0.3, -0.25) is 15.1 Å². The maximum Gasteiger partial charge on any atom is 0.248 e. The third-order valence-electron chi connectivity index (χ3n) is 0.861. The molecule has 0 fully saturated rings. The molecule has 1 heterocycles. The molecule has 1 rings (SSSR count). The van der Waals surface area contributed by atoms with Gasteiger partial charge in [0.15, 0.2) is 0 Å². The van der Waals surface area contributed by atoms with Gasteiger partial charge in [-0.2, -0.15) is 0 Å². The second-order valence-corrected chi connectivity index (χ2v) is 1.44. The van der Waals surface area contributed by atoms with Gasteiger partial charge in [-0.25, -0.2) is 0 Å². The number of hydrogen-bond acceptors (Lipinski definition) is 3. The molecule has 6 heteroatoms. The second kappa shape index (κ2) is 5.34. The molecule has 0 aromatic rings. The summed E-state index contributed by atoms with van der Waals surface area (Å²) in [6.45, 7) is 0.273. The average Bonchev–Trinajstić information content (AvgIpc) is 2.12. The number of hydroxylamine groups is 1. The quantitative estimate of drug-likeness (QED) is 0.594. The van der Waals surface area contributed by atoms with Gasteiger partial charge in [-0.05, 0) is 0 Å². The van der Waals surface area contributed by atoms with Crippen molar-refractivity contribution in [2.24, 2.45) is 5.73 Å². The Morgan fingerprint density at radius 2 is 2.30 bits per heavy atom. The fourth-order valence-electron chi connectivity index (χ4n) is 0.416. The number of carbonyl (C=O) groups excluding carboxylic acids is 1. The molecule has 1 aliphatic rings. The first-order valence-electron chi connectivity index (χ1n) is 2.17. The Balaban J connectivity index is 0. The van der Waals surface area contributed by atoms with Crippen LogP contribution in [-0.4, -0.2) is 12.5 Å². The van der Waals surface area contributed by atoms with Crippen molar-refractivity contribution in [3.05, 3.63) is 11.8 Å². The lowest BCUT2D eigenvalue weighted by Crippen LogP contribution is -2.14. The van der Waals surface area contributed by atoms with Crippen molar-refractivity contribution in [3.63, 3.8) is 0 Å². The van der Waals surface area contributed by atoms with E-state index >= 15 is 0 Å². The molecule has 0 aromatic heterocycles. The van der Waals surface area contributed by atoms with Gasteiger partial charge in [0.05, 0.1) is 5.57 Å². The molecule has 0 unspecified atom stereocenters. The van der Waals surface area contributed by atoms with Crippen LogP contribution in [0, 0.1) is 0 Å². The van der Waals surface area contributed by atoms with Crippen LogP contribution in [0.2, 0.25) is 0 Å². The number of rotatable bonds is 1. The first kappa shape index (κ1) is 12.2. The molecule has 0 bridgehead atoms. The standard InChI is InChI=1S/C4H6N2O2.2ClH/c5-4(7)3-1-6-8-2-3;;/h1,6H,2H2,(H2,5,7);2*1H. The van der Waals surface area contributed by atoms with E-state index in [1.54, 1.807) is 0 Å². The van der Waals surface area contributed by atoms with Crippen molar-refractivity contribution in [1.82, 2.24) is 5.48 Å². The van der Waals surface area contributed by atoms with Crippen LogP contribution < -0.4 is 11.2 Å². The third-order valence-corrected chi connectivity index (χ3v) is 0.861. The number of carbonyl (C=O) groups is 1. The van der Waals surface area contributed by atoms with E-state index in [0.29, 0.717) is 5.57 Å². The first-order valence-corrected chi connectivity index (χ1v) is 2.17. The molecule has 0 aliphatic carbocycles. The zero-order valence-corrected chi connectivity index (χ0v) is 6.63. The molecule has 0 aromatic carbocycles. The van der Waals surface area contributed by atoms with Crippen LogP contribution in [0.1, 0.15) is 0 Å². The van der Waals surface area contributed by atoms with E-state index in [0.717, 1.165) is 0 Å². The summed E-state index contributed by atoms with van der Waals surface area (Å²) < 4.78 is 0. The summed E-state index contributed by atoms with van der Waals surface area (Å²) in [6, 6.07) is 0. The van der Waals surface area contributed by atoms with Crippen molar-refractivity contribution in [2.75, 3.05) is 6.61 Å². The van der Waals surface area contributed by atoms with Crippen molar-refractivity contribution < 1.29 is 9.63 Å². The van der Waals surface area contributed by atoms with E-state index in [-0.39, 0.29) is 31.4 Å². The van der Waals surface area contributed by atoms with Crippen molar-refractivity contribution in [1.29, 1.82) is 0 Å². The van der Waals surface area contributed by atoms with Gasteiger partial charge in [0, 0.05) is 6.20 Å². The van der Waals surface area contributed by atoms with Crippen molar-refractivity contribution in [2.45, 2.75) is 0 Å². The summed E-state index contributed by atoms with van der Waals surface area (Å²) in [5, 5.41) is 0. The Hall–Kier alpha value is -0.450. The first-order chi connectivity index (χ1) is 3.80. The molecule has 10 heavy (non-hydrogen) atoms. The molecule has 60 valence electrons. The van der Waals surface area contributed by atoms with Gasteiger partial charge in [0.1, 0.15) is 6.61 Å². The Labute approximate surface area is 70.6 Å². The number of nitrogens with two attached hydrogens (primary N) is 1. The fraction of sp³-hybridized carbons (Fsp3) is 0.250. The minimum atomic E-state index is -0.435. The summed E-state index contributed by atoms with van der Waals surface area (Å²) in [4.78, 5) is 14.8. The molecule has 0 atom stereocenters. The number of halogens is 2. The van der Waals surface area contributed by atoms with Gasteiger partial charge in [-0.1, -0.05) is 0 Å². The van der Waals surface area contributed by atoms with Gasteiger partial charge in [0.2, 0.25) is 5.91 Å². The Morgan fingerprint density at radius 3 is 2.50 bits per heavy atom. The average molecular weight is 187 g/mol.